The molecule has 0 fully saturated rings. The van der Waals surface area contributed by atoms with Crippen molar-refractivity contribution in [3.8, 4) is 0 Å². The predicted molar refractivity (Wildman–Crippen MR) is 70.9 cm³/mol. The molecular formula is C10H14N4O2S2. The minimum Gasteiger partial charge on any atom is -0.326 e. The molecule has 2 aromatic rings. The number of sulfonamides is 1. The van der Waals surface area contributed by atoms with Gasteiger partial charge in [-0.25, -0.2) is 8.42 Å². The molecule has 0 aromatic carbocycles. The van der Waals surface area contributed by atoms with E-state index in [1.807, 2.05) is 6.92 Å². The Bertz CT molecular complexity index is 630. The van der Waals surface area contributed by atoms with Gasteiger partial charge in [-0.3, -0.25) is 9.40 Å². The minimum absolute atomic E-state index is 0.210. The summed E-state index contributed by atoms with van der Waals surface area (Å²) in [7, 11) is -3.58. The number of anilines is 1. The number of aromatic nitrogens is 2. The quantitative estimate of drug-likeness (QED) is 0.865. The van der Waals surface area contributed by atoms with Crippen LogP contribution in [0, 0.1) is 0 Å². The Morgan fingerprint density at radius 2 is 2.33 bits per heavy atom. The molecule has 0 bridgehead atoms. The van der Waals surface area contributed by atoms with Gasteiger partial charge in [0.2, 0.25) is 0 Å². The Hall–Kier alpha value is -1.38. The van der Waals surface area contributed by atoms with Gasteiger partial charge >= 0.3 is 0 Å². The van der Waals surface area contributed by atoms with Crippen LogP contribution in [0.3, 0.4) is 0 Å². The van der Waals surface area contributed by atoms with Crippen LogP contribution in [-0.4, -0.2) is 18.2 Å². The molecule has 8 heteroatoms. The van der Waals surface area contributed by atoms with Gasteiger partial charge in [0.25, 0.3) is 10.0 Å². The summed E-state index contributed by atoms with van der Waals surface area (Å²) in [5, 5.41) is 5.72. The van der Waals surface area contributed by atoms with Gasteiger partial charge in [0, 0.05) is 24.2 Å². The van der Waals surface area contributed by atoms with Gasteiger partial charge in [-0.1, -0.05) is 0 Å². The van der Waals surface area contributed by atoms with Crippen molar-refractivity contribution in [2.75, 3.05) is 4.72 Å². The van der Waals surface area contributed by atoms with Gasteiger partial charge in [-0.05, 0) is 18.4 Å². The number of nitrogens with one attached hydrogen (secondary N) is 1. The molecule has 2 rings (SSSR count). The fourth-order valence-electron chi connectivity index (χ4n) is 1.52. The lowest BCUT2D eigenvalue weighted by molar-refractivity contribution is 0.600. The highest BCUT2D eigenvalue weighted by Crippen LogP contribution is 2.23. The van der Waals surface area contributed by atoms with Crippen LogP contribution in [0.1, 0.15) is 11.8 Å². The summed E-state index contributed by atoms with van der Waals surface area (Å²) in [6.07, 6.45) is 3.13. The van der Waals surface area contributed by atoms with Crippen LogP contribution in [0.5, 0.6) is 0 Å². The van der Waals surface area contributed by atoms with E-state index in [1.165, 1.54) is 17.5 Å². The first-order valence-corrected chi connectivity index (χ1v) is 7.75. The molecule has 0 spiro atoms. The molecule has 98 valence electrons. The molecule has 0 aliphatic heterocycles. The number of hydrogen-bond donors (Lipinski definition) is 2. The Kier molecular flexibility index (Phi) is 3.69. The van der Waals surface area contributed by atoms with Crippen LogP contribution in [-0.2, 0) is 23.1 Å². The monoisotopic (exact) mass is 286 g/mol. The first-order valence-electron chi connectivity index (χ1n) is 5.38. The molecule has 0 aliphatic carbocycles. The first kappa shape index (κ1) is 13.1. The summed E-state index contributed by atoms with van der Waals surface area (Å²) in [6.45, 7) is 2.83. The summed E-state index contributed by atoms with van der Waals surface area (Å²) in [5.74, 6) is 0. The second kappa shape index (κ2) is 5.09. The zero-order valence-corrected chi connectivity index (χ0v) is 11.5. The lowest BCUT2D eigenvalue weighted by Crippen LogP contribution is -2.14. The van der Waals surface area contributed by atoms with Crippen LogP contribution in [0.25, 0.3) is 0 Å². The molecular weight excluding hydrogens is 272 g/mol. The second-order valence-electron chi connectivity index (χ2n) is 3.60. The van der Waals surface area contributed by atoms with Gasteiger partial charge in [0.15, 0.2) is 0 Å². The number of nitrogens with two attached hydrogens (primary N) is 1. The largest absolute Gasteiger partial charge is 0.326 e. The van der Waals surface area contributed by atoms with Crippen molar-refractivity contribution in [1.29, 1.82) is 0 Å². The predicted octanol–water partition coefficient (Wildman–Crippen LogP) is 1.22. The molecule has 18 heavy (non-hydrogen) atoms. The molecule has 0 unspecified atom stereocenters. The van der Waals surface area contributed by atoms with E-state index in [2.05, 4.69) is 9.82 Å². The zero-order chi connectivity index (χ0) is 13.2. The fourth-order valence-corrected chi connectivity index (χ4v) is 3.88. The van der Waals surface area contributed by atoms with Crippen molar-refractivity contribution in [3.63, 3.8) is 0 Å². The van der Waals surface area contributed by atoms with Crippen LogP contribution >= 0.6 is 11.3 Å². The lowest BCUT2D eigenvalue weighted by Gasteiger charge is -2.05. The third-order valence-corrected chi connectivity index (χ3v) is 4.93. The average Bonchev–Trinajstić information content (AvgIpc) is 2.96. The van der Waals surface area contributed by atoms with Gasteiger partial charge in [0.1, 0.15) is 4.90 Å². The Morgan fingerprint density at radius 3 is 2.94 bits per heavy atom. The Morgan fingerprint density at radius 1 is 1.56 bits per heavy atom. The van der Waals surface area contributed by atoms with Crippen LogP contribution in [0.2, 0.25) is 0 Å². The fraction of sp³-hybridized carbons (Fsp3) is 0.300. The molecule has 0 saturated heterocycles. The molecule has 0 amide bonds. The summed E-state index contributed by atoms with van der Waals surface area (Å²) < 4.78 is 28.4. The van der Waals surface area contributed by atoms with Gasteiger partial charge in [-0.15, -0.1) is 11.3 Å². The number of hydrogen-bond acceptors (Lipinski definition) is 5. The van der Waals surface area contributed by atoms with E-state index in [9.17, 15) is 8.42 Å². The molecule has 6 nitrogen and oxygen atoms in total. The number of rotatable bonds is 5. The average molecular weight is 286 g/mol. The molecule has 0 atom stereocenters. The van der Waals surface area contributed by atoms with Crippen molar-refractivity contribution in [3.05, 3.63) is 28.7 Å². The maximum atomic E-state index is 12.1. The zero-order valence-electron chi connectivity index (χ0n) is 9.83. The van der Waals surface area contributed by atoms with E-state index in [-0.39, 0.29) is 11.4 Å². The standard InChI is InChI=1S/C10H14N4O2S2/c1-2-14-7-8(6-12-14)13-18(15,16)10-3-4-17-9(10)5-11/h3-4,6-7,13H,2,5,11H2,1H3. The maximum absolute atomic E-state index is 12.1. The van der Waals surface area contributed by atoms with Crippen LogP contribution < -0.4 is 10.5 Å². The van der Waals surface area contributed by atoms with E-state index >= 15 is 0 Å². The van der Waals surface area contributed by atoms with Crippen molar-refractivity contribution < 1.29 is 8.42 Å². The normalized spacial score (nSPS) is 11.7. The third-order valence-electron chi connectivity index (χ3n) is 2.39. The first-order chi connectivity index (χ1) is 8.56. The summed E-state index contributed by atoms with van der Waals surface area (Å²) in [5.41, 5.74) is 5.96. The Balaban J connectivity index is 2.27. The van der Waals surface area contributed by atoms with Crippen molar-refractivity contribution in [2.24, 2.45) is 5.73 Å². The maximum Gasteiger partial charge on any atom is 0.263 e. The molecule has 0 aliphatic rings. The van der Waals surface area contributed by atoms with Crippen molar-refractivity contribution in [2.45, 2.75) is 24.9 Å². The number of thiophene rings is 1. The second-order valence-corrected chi connectivity index (χ2v) is 6.25. The highest BCUT2D eigenvalue weighted by atomic mass is 32.2. The third kappa shape index (κ3) is 2.55. The van der Waals surface area contributed by atoms with Crippen LogP contribution in [0.15, 0.2) is 28.7 Å². The molecule has 0 radical (unpaired) electrons. The summed E-state index contributed by atoms with van der Waals surface area (Å²) >= 11 is 1.33. The van der Waals surface area contributed by atoms with Gasteiger partial charge in [-0.2, -0.15) is 5.10 Å². The van der Waals surface area contributed by atoms with Gasteiger partial charge in [0.05, 0.1) is 11.9 Å². The highest BCUT2D eigenvalue weighted by molar-refractivity contribution is 7.93. The molecule has 3 N–H and O–H groups in total. The molecule has 2 heterocycles. The molecule has 2 aromatic heterocycles. The van der Waals surface area contributed by atoms with Crippen LogP contribution in [0.4, 0.5) is 5.69 Å². The minimum atomic E-state index is -3.58. The smallest absolute Gasteiger partial charge is 0.263 e. The topological polar surface area (TPSA) is 90.0 Å². The lowest BCUT2D eigenvalue weighted by atomic mass is 10.5. The van der Waals surface area contributed by atoms with E-state index < -0.39 is 10.0 Å². The number of nitrogens with zero attached hydrogens (tertiary/aromatic N) is 2. The molecule has 0 saturated carbocycles. The highest BCUT2D eigenvalue weighted by Gasteiger charge is 2.19. The summed E-state index contributed by atoms with van der Waals surface area (Å²) in [4.78, 5) is 0.879. The van der Waals surface area contributed by atoms with Crippen molar-refractivity contribution >= 4 is 27.0 Å². The van der Waals surface area contributed by atoms with E-state index in [4.69, 9.17) is 5.73 Å². The van der Waals surface area contributed by atoms with E-state index in [0.717, 1.165) is 0 Å². The van der Waals surface area contributed by atoms with E-state index in [0.29, 0.717) is 17.1 Å². The Labute approximate surface area is 109 Å². The number of aryl methyl sites for hydroxylation is 1. The SMILES string of the molecule is CCn1cc(NS(=O)(=O)c2ccsc2CN)cn1. The van der Waals surface area contributed by atoms with E-state index in [1.54, 1.807) is 22.3 Å². The van der Waals surface area contributed by atoms with Crippen molar-refractivity contribution in [1.82, 2.24) is 9.78 Å². The summed E-state index contributed by atoms with van der Waals surface area (Å²) in [6, 6.07) is 1.55. The van der Waals surface area contributed by atoms with Gasteiger partial charge < -0.3 is 5.73 Å².